The van der Waals surface area contributed by atoms with Crippen LogP contribution in [0.3, 0.4) is 0 Å². The summed E-state index contributed by atoms with van der Waals surface area (Å²) >= 11 is 0. The van der Waals surface area contributed by atoms with Crippen molar-refractivity contribution in [1.29, 1.82) is 10.5 Å². The highest BCUT2D eigenvalue weighted by Gasteiger charge is 2.10. The molecule has 64 valence electrons. The largest absolute Gasteiger partial charge is 0.508 e. The predicted molar refractivity (Wildman–Crippen MR) is 45.4 cm³/mol. The third-order valence-corrected chi connectivity index (χ3v) is 1.63. The molecule has 0 unspecified atom stereocenters. The third kappa shape index (κ3) is 1.76. The van der Waals surface area contributed by atoms with E-state index >= 15 is 0 Å². The molecule has 1 rings (SSSR count). The van der Waals surface area contributed by atoms with Crippen LogP contribution in [0.5, 0.6) is 5.75 Å². The van der Waals surface area contributed by atoms with Crippen molar-refractivity contribution in [2.24, 2.45) is 5.73 Å². The van der Waals surface area contributed by atoms with E-state index < -0.39 is 6.04 Å². The lowest BCUT2D eigenvalue weighted by molar-refractivity contribution is 0.466. The van der Waals surface area contributed by atoms with Crippen molar-refractivity contribution < 1.29 is 5.11 Å². The molecule has 0 bridgehead atoms. The van der Waals surface area contributed by atoms with Gasteiger partial charge in [0.15, 0.2) is 0 Å². The molecule has 3 N–H and O–H groups in total. The van der Waals surface area contributed by atoms with Crippen molar-refractivity contribution in [1.82, 2.24) is 0 Å². The average Bonchev–Trinajstić information content (AvgIpc) is 2.17. The molecule has 1 aromatic rings. The summed E-state index contributed by atoms with van der Waals surface area (Å²) in [6, 6.07) is 7.00. The van der Waals surface area contributed by atoms with Gasteiger partial charge in [-0.1, -0.05) is 0 Å². The van der Waals surface area contributed by atoms with Crippen molar-refractivity contribution in [3.63, 3.8) is 0 Å². The molecule has 1 aromatic carbocycles. The SMILES string of the molecule is N#Cc1ccc(O)c([C@@H](N)C#N)c1. The number of benzene rings is 1. The topological polar surface area (TPSA) is 93.8 Å². The predicted octanol–water partition coefficient (Wildman–Crippen LogP) is 0.787. The molecule has 4 heteroatoms. The maximum atomic E-state index is 9.29. The van der Waals surface area contributed by atoms with Crippen molar-refractivity contribution in [3.05, 3.63) is 29.3 Å². The highest BCUT2D eigenvalue weighted by Crippen LogP contribution is 2.23. The van der Waals surface area contributed by atoms with Crippen molar-refractivity contribution in [2.75, 3.05) is 0 Å². The van der Waals surface area contributed by atoms with Gasteiger partial charge in [-0.05, 0) is 18.2 Å². The molecule has 0 saturated carbocycles. The summed E-state index contributed by atoms with van der Waals surface area (Å²) in [5.41, 5.74) is 6.04. The maximum Gasteiger partial charge on any atom is 0.122 e. The van der Waals surface area contributed by atoms with Gasteiger partial charge in [0.2, 0.25) is 0 Å². The Morgan fingerprint density at radius 2 is 2.08 bits per heavy atom. The first-order valence-corrected chi connectivity index (χ1v) is 3.57. The van der Waals surface area contributed by atoms with Gasteiger partial charge in [0.1, 0.15) is 11.8 Å². The molecule has 4 nitrogen and oxygen atoms in total. The zero-order chi connectivity index (χ0) is 9.84. The fraction of sp³-hybridized carbons (Fsp3) is 0.111. The Bertz CT molecular complexity index is 400. The first-order chi connectivity index (χ1) is 6.19. The number of nitrogens with two attached hydrogens (primary N) is 1. The fourth-order valence-electron chi connectivity index (χ4n) is 0.943. The molecule has 13 heavy (non-hydrogen) atoms. The van der Waals surface area contributed by atoms with Gasteiger partial charge in [0, 0.05) is 5.56 Å². The summed E-state index contributed by atoms with van der Waals surface area (Å²) in [4.78, 5) is 0. The molecular weight excluding hydrogens is 166 g/mol. The molecule has 0 fully saturated rings. The van der Waals surface area contributed by atoms with Crippen molar-refractivity contribution >= 4 is 0 Å². The smallest absolute Gasteiger partial charge is 0.122 e. The van der Waals surface area contributed by atoms with Gasteiger partial charge in [-0.3, -0.25) is 0 Å². The number of rotatable bonds is 1. The van der Waals surface area contributed by atoms with Crippen LogP contribution in [0.2, 0.25) is 0 Å². The van der Waals surface area contributed by atoms with E-state index in [1.54, 1.807) is 6.07 Å². The summed E-state index contributed by atoms with van der Waals surface area (Å²) < 4.78 is 0. The molecule has 0 saturated heterocycles. The van der Waals surface area contributed by atoms with Gasteiger partial charge in [0.05, 0.1) is 17.7 Å². The van der Waals surface area contributed by atoms with E-state index in [9.17, 15) is 5.11 Å². The monoisotopic (exact) mass is 173 g/mol. The quantitative estimate of drug-likeness (QED) is 0.656. The molecule has 0 aliphatic heterocycles. The minimum Gasteiger partial charge on any atom is -0.508 e. The van der Waals surface area contributed by atoms with E-state index in [1.165, 1.54) is 18.2 Å². The zero-order valence-corrected chi connectivity index (χ0v) is 6.73. The van der Waals surface area contributed by atoms with E-state index in [0.717, 1.165) is 0 Å². The van der Waals surface area contributed by atoms with Crippen LogP contribution in [0.4, 0.5) is 0 Å². The lowest BCUT2D eigenvalue weighted by Crippen LogP contribution is -2.07. The Hall–Kier alpha value is -2.04. The lowest BCUT2D eigenvalue weighted by atomic mass is 10.0. The van der Waals surface area contributed by atoms with E-state index in [1.807, 2.05) is 6.07 Å². The summed E-state index contributed by atoms with van der Waals surface area (Å²) in [6.07, 6.45) is 0. The summed E-state index contributed by atoms with van der Waals surface area (Å²) in [5, 5.41) is 26.4. The minimum atomic E-state index is -0.895. The number of nitriles is 2. The van der Waals surface area contributed by atoms with Crippen LogP contribution >= 0.6 is 0 Å². The number of hydrogen-bond acceptors (Lipinski definition) is 4. The molecule has 0 amide bonds. The Labute approximate surface area is 75.4 Å². The van der Waals surface area contributed by atoms with Gasteiger partial charge in [-0.25, -0.2) is 0 Å². The van der Waals surface area contributed by atoms with Gasteiger partial charge in [-0.2, -0.15) is 10.5 Å². The molecule has 1 atom stereocenters. The highest BCUT2D eigenvalue weighted by molar-refractivity contribution is 5.44. The first-order valence-electron chi connectivity index (χ1n) is 3.57. The molecular formula is C9H7N3O. The van der Waals surface area contributed by atoms with Gasteiger partial charge in [-0.15, -0.1) is 0 Å². The maximum absolute atomic E-state index is 9.29. The highest BCUT2D eigenvalue weighted by atomic mass is 16.3. The summed E-state index contributed by atoms with van der Waals surface area (Å²) in [6.45, 7) is 0. The van der Waals surface area contributed by atoms with Crippen LogP contribution in [0.25, 0.3) is 0 Å². The van der Waals surface area contributed by atoms with Crippen LogP contribution in [0.15, 0.2) is 18.2 Å². The third-order valence-electron chi connectivity index (χ3n) is 1.63. The normalized spacial score (nSPS) is 11.3. The van der Waals surface area contributed by atoms with Gasteiger partial charge >= 0.3 is 0 Å². The Kier molecular flexibility index (Phi) is 2.49. The van der Waals surface area contributed by atoms with Gasteiger partial charge in [0.25, 0.3) is 0 Å². The van der Waals surface area contributed by atoms with Gasteiger partial charge < -0.3 is 10.8 Å². The van der Waals surface area contributed by atoms with Crippen molar-refractivity contribution in [3.8, 4) is 17.9 Å². The summed E-state index contributed by atoms with van der Waals surface area (Å²) in [5.74, 6) is -0.0620. The van der Waals surface area contributed by atoms with Crippen LogP contribution in [-0.2, 0) is 0 Å². The Balaban J connectivity index is 3.22. The molecule has 0 aliphatic carbocycles. The standard InChI is InChI=1S/C9H7N3O/c10-4-6-1-2-9(13)7(3-6)8(12)5-11/h1-3,8,13H,12H2/t8-/m0/s1. The lowest BCUT2D eigenvalue weighted by Gasteiger charge is -2.05. The molecule has 0 heterocycles. The minimum absolute atomic E-state index is 0.0620. The molecule has 0 radical (unpaired) electrons. The van der Waals surface area contributed by atoms with Crippen LogP contribution in [0.1, 0.15) is 17.2 Å². The van der Waals surface area contributed by atoms with Crippen LogP contribution in [0, 0.1) is 22.7 Å². The average molecular weight is 173 g/mol. The van der Waals surface area contributed by atoms with Crippen molar-refractivity contribution in [2.45, 2.75) is 6.04 Å². The molecule has 0 aliphatic rings. The Morgan fingerprint density at radius 1 is 1.38 bits per heavy atom. The fourth-order valence-corrected chi connectivity index (χ4v) is 0.943. The van der Waals surface area contributed by atoms with Crippen LogP contribution < -0.4 is 5.73 Å². The second-order valence-corrected chi connectivity index (χ2v) is 2.49. The summed E-state index contributed by atoms with van der Waals surface area (Å²) in [7, 11) is 0. The number of nitrogens with zero attached hydrogens (tertiary/aromatic N) is 2. The van der Waals surface area contributed by atoms with E-state index in [-0.39, 0.29) is 11.3 Å². The molecule has 0 spiro atoms. The van der Waals surface area contributed by atoms with E-state index in [4.69, 9.17) is 16.3 Å². The first kappa shape index (κ1) is 9.05. The molecule has 0 aromatic heterocycles. The van der Waals surface area contributed by atoms with E-state index in [2.05, 4.69) is 0 Å². The number of phenols is 1. The number of hydrogen-bond donors (Lipinski definition) is 2. The zero-order valence-electron chi connectivity index (χ0n) is 6.73. The van der Waals surface area contributed by atoms with E-state index in [0.29, 0.717) is 5.56 Å². The van der Waals surface area contributed by atoms with Crippen LogP contribution in [-0.4, -0.2) is 5.11 Å². The number of phenolic OH excluding ortho intramolecular Hbond substituents is 1. The second kappa shape index (κ2) is 3.57. The Morgan fingerprint density at radius 3 is 2.62 bits per heavy atom. The second-order valence-electron chi connectivity index (χ2n) is 2.49. The number of aromatic hydroxyl groups is 1.